The molecule has 0 bridgehead atoms. The van der Waals surface area contributed by atoms with Crippen molar-refractivity contribution >= 4 is 59.8 Å². The normalized spacial score (nSPS) is 14.7. The number of aryl methyl sites for hydroxylation is 6. The molecule has 2 aromatic carbocycles. The van der Waals surface area contributed by atoms with Gasteiger partial charge in [-0.15, -0.1) is 11.3 Å². The summed E-state index contributed by atoms with van der Waals surface area (Å²) < 4.78 is 53.6. The second kappa shape index (κ2) is 18.5. The average Bonchev–Trinajstić information content (AvgIpc) is 4.05. The Labute approximate surface area is 364 Å². The summed E-state index contributed by atoms with van der Waals surface area (Å²) in [6.07, 6.45) is 16.4. The lowest BCUT2D eigenvalue weighted by molar-refractivity contribution is -0.191. The number of fused-ring (bicyclic) bond motifs is 4. The number of anilines is 1. The molecule has 0 saturated heterocycles. The van der Waals surface area contributed by atoms with Crippen LogP contribution in [0.4, 0.5) is 5.13 Å². The van der Waals surface area contributed by atoms with Crippen LogP contribution in [-0.2, 0) is 117 Å². The molecule has 4 aliphatic rings. The number of amides is 1. The van der Waals surface area contributed by atoms with E-state index in [1.165, 1.54) is 89.3 Å². The van der Waals surface area contributed by atoms with Gasteiger partial charge in [-0.1, -0.05) is 12.1 Å². The Morgan fingerprint density at radius 2 is 1.15 bits per heavy atom. The van der Waals surface area contributed by atoms with E-state index in [4.69, 9.17) is 9.59 Å². The van der Waals surface area contributed by atoms with Gasteiger partial charge in [0.05, 0.1) is 0 Å². The maximum Gasteiger partial charge on any atom is 0.373 e. The van der Waals surface area contributed by atoms with Crippen LogP contribution >= 0.6 is 11.3 Å². The van der Waals surface area contributed by atoms with E-state index in [9.17, 15) is 31.2 Å². The van der Waals surface area contributed by atoms with Gasteiger partial charge in [-0.25, -0.2) is 21.8 Å². The SMILES string of the molecule is CN(C(=O)c1cc(S(=O)(=O)CC(=O)Cc2c3c(cc4c2CCC4)CCC3)nn1C)c1nccs1.Cn1ccc(S(=O)(=O)CC(=O)Cc2c3c(cc4c2CCC4)CCC3)n1.O=C=O. The first kappa shape index (κ1) is 44.6. The predicted octanol–water partition coefficient (Wildman–Crippen LogP) is 4.12. The Bertz CT molecular complexity index is 2750. The number of carbonyl (C=O) groups excluding carboxylic acids is 5. The summed E-state index contributed by atoms with van der Waals surface area (Å²) in [5, 5.41) is 9.95. The first-order valence-electron chi connectivity index (χ1n) is 20.6. The van der Waals surface area contributed by atoms with E-state index in [1.807, 2.05) is 0 Å². The molecule has 3 aromatic heterocycles. The highest BCUT2D eigenvalue weighted by atomic mass is 32.2. The number of benzene rings is 2. The number of hydrogen-bond acceptors (Lipinski definition) is 13. The zero-order valence-corrected chi connectivity index (χ0v) is 37.4. The molecule has 9 rings (SSSR count). The van der Waals surface area contributed by atoms with Crippen LogP contribution in [0.5, 0.6) is 0 Å². The topological polar surface area (TPSA) is 205 Å². The molecule has 0 radical (unpaired) electrons. The van der Waals surface area contributed by atoms with Crippen molar-refractivity contribution in [3.63, 3.8) is 0 Å². The van der Waals surface area contributed by atoms with Crippen molar-refractivity contribution in [2.75, 3.05) is 23.5 Å². The van der Waals surface area contributed by atoms with Crippen molar-refractivity contribution in [1.29, 1.82) is 0 Å². The molecule has 3 heterocycles. The van der Waals surface area contributed by atoms with Crippen LogP contribution in [0.15, 0.2) is 52.1 Å². The van der Waals surface area contributed by atoms with Crippen LogP contribution in [0.3, 0.4) is 0 Å². The zero-order valence-electron chi connectivity index (χ0n) is 34.9. The number of carbonyl (C=O) groups is 3. The van der Waals surface area contributed by atoms with Gasteiger partial charge in [0, 0.05) is 57.8 Å². The number of hydrogen-bond donors (Lipinski definition) is 0. The van der Waals surface area contributed by atoms with Gasteiger partial charge in [0.1, 0.15) is 17.2 Å². The van der Waals surface area contributed by atoms with Crippen molar-refractivity contribution in [2.24, 2.45) is 14.1 Å². The van der Waals surface area contributed by atoms with Gasteiger partial charge in [-0.05, 0) is 139 Å². The molecule has 18 heteroatoms. The second-order valence-electron chi connectivity index (χ2n) is 16.2. The maximum atomic E-state index is 13.1. The molecular weight excluding hydrogens is 853 g/mol. The van der Waals surface area contributed by atoms with Gasteiger partial charge >= 0.3 is 6.15 Å². The van der Waals surface area contributed by atoms with Gasteiger partial charge in [0.15, 0.2) is 26.7 Å². The van der Waals surface area contributed by atoms with E-state index < -0.39 is 37.1 Å². The average molecular weight is 901 g/mol. The highest BCUT2D eigenvalue weighted by molar-refractivity contribution is 7.92. The summed E-state index contributed by atoms with van der Waals surface area (Å²) in [5.74, 6) is -2.10. The van der Waals surface area contributed by atoms with Crippen LogP contribution in [0.1, 0.15) is 91.8 Å². The highest BCUT2D eigenvalue weighted by Gasteiger charge is 2.31. The third kappa shape index (κ3) is 9.48. The molecule has 0 N–H and O–H groups in total. The molecule has 15 nitrogen and oxygen atoms in total. The van der Waals surface area contributed by atoms with E-state index in [1.54, 1.807) is 31.9 Å². The van der Waals surface area contributed by atoms with Crippen LogP contribution < -0.4 is 4.90 Å². The van der Waals surface area contributed by atoms with Crippen LogP contribution in [0.25, 0.3) is 0 Å². The minimum atomic E-state index is -3.99. The predicted molar refractivity (Wildman–Crippen MR) is 229 cm³/mol. The first-order valence-corrected chi connectivity index (χ1v) is 24.8. The van der Waals surface area contributed by atoms with Gasteiger partial charge in [-0.3, -0.25) is 28.6 Å². The number of Topliss-reactive ketones (excluding diaryl/α,β-unsaturated/α-hetero) is 2. The summed E-state index contributed by atoms with van der Waals surface area (Å²) >= 11 is 1.30. The summed E-state index contributed by atoms with van der Waals surface area (Å²) in [6.45, 7) is 0. The zero-order chi connectivity index (χ0) is 44.3. The van der Waals surface area contributed by atoms with Crippen LogP contribution in [0, 0.1) is 0 Å². The summed E-state index contributed by atoms with van der Waals surface area (Å²) in [5.41, 5.74) is 12.8. The third-order valence-electron chi connectivity index (χ3n) is 12.1. The van der Waals surface area contributed by atoms with E-state index in [2.05, 4.69) is 27.3 Å². The fourth-order valence-electron chi connectivity index (χ4n) is 9.36. The van der Waals surface area contributed by atoms with Gasteiger partial charge < -0.3 is 0 Å². The summed E-state index contributed by atoms with van der Waals surface area (Å²) in [6, 6.07) is 7.31. The highest BCUT2D eigenvalue weighted by Crippen LogP contribution is 2.37. The molecule has 0 spiro atoms. The largest absolute Gasteiger partial charge is 0.373 e. The molecule has 0 atom stereocenters. The van der Waals surface area contributed by atoms with E-state index >= 15 is 0 Å². The molecule has 326 valence electrons. The Balaban J connectivity index is 0.000000183. The van der Waals surface area contributed by atoms with Crippen LogP contribution in [-0.4, -0.2) is 83.6 Å². The molecule has 0 unspecified atom stereocenters. The minimum absolute atomic E-state index is 0.0214. The number of rotatable bonds is 12. The molecular formula is C44H48N6O9S3. The lowest BCUT2D eigenvalue weighted by atomic mass is 9.91. The van der Waals surface area contributed by atoms with Crippen molar-refractivity contribution in [3.8, 4) is 0 Å². The van der Waals surface area contributed by atoms with Crippen molar-refractivity contribution in [2.45, 2.75) is 99.9 Å². The number of sulfone groups is 2. The van der Waals surface area contributed by atoms with Gasteiger partial charge in [0.25, 0.3) is 5.91 Å². The van der Waals surface area contributed by atoms with Crippen molar-refractivity contribution in [3.05, 3.63) is 103 Å². The lowest BCUT2D eigenvalue weighted by Gasteiger charge is -2.14. The Morgan fingerprint density at radius 1 is 0.694 bits per heavy atom. The minimum Gasteiger partial charge on any atom is -0.298 e. The monoisotopic (exact) mass is 900 g/mol. The van der Waals surface area contributed by atoms with E-state index in [0.717, 1.165) is 88.2 Å². The molecule has 62 heavy (non-hydrogen) atoms. The third-order valence-corrected chi connectivity index (χ3v) is 16.0. The molecule has 1 amide bonds. The van der Waals surface area contributed by atoms with Crippen molar-refractivity contribution < 1.29 is 40.8 Å². The number of thiazole rings is 1. The number of ketones is 2. The Kier molecular flexibility index (Phi) is 13.3. The fourth-order valence-corrected chi connectivity index (χ4v) is 12.4. The molecule has 0 fully saturated rings. The van der Waals surface area contributed by atoms with Crippen molar-refractivity contribution in [1.82, 2.24) is 24.5 Å². The quantitative estimate of drug-likeness (QED) is 0.174. The number of aromatic nitrogens is 5. The maximum absolute atomic E-state index is 13.1. The molecule has 5 aromatic rings. The summed E-state index contributed by atoms with van der Waals surface area (Å²) in [7, 11) is -2.91. The molecule has 0 aliphatic heterocycles. The Morgan fingerprint density at radius 3 is 1.55 bits per heavy atom. The first-order chi connectivity index (χ1) is 29.6. The van der Waals surface area contributed by atoms with Gasteiger partial charge in [-0.2, -0.15) is 19.8 Å². The van der Waals surface area contributed by atoms with Crippen LogP contribution in [0.2, 0.25) is 0 Å². The number of nitrogens with zero attached hydrogens (tertiary/aromatic N) is 6. The molecule has 4 aliphatic carbocycles. The summed E-state index contributed by atoms with van der Waals surface area (Å²) in [4.78, 5) is 60.1. The van der Waals surface area contributed by atoms with E-state index in [-0.39, 0.29) is 46.3 Å². The second-order valence-corrected chi connectivity index (χ2v) is 21.0. The van der Waals surface area contributed by atoms with E-state index in [0.29, 0.717) is 5.13 Å². The van der Waals surface area contributed by atoms with Gasteiger partial charge in [0.2, 0.25) is 19.7 Å². The lowest BCUT2D eigenvalue weighted by Crippen LogP contribution is -2.28. The smallest absolute Gasteiger partial charge is 0.298 e. The Hall–Kier alpha value is -5.42. The fraction of sp³-hybridized carbons (Fsp3) is 0.432. The molecule has 0 saturated carbocycles. The standard InChI is InChI=1S/C24H26N4O4S2.C19H22N2O3S.CO2/c1-27(24-25-9-10-33-24)23(30)21-13-22(26-28(21)2)34(31,32)14-17(29)12-20-18-7-3-5-15(18)11-16-6-4-8-19(16)20;1-21-9-8-19(20-21)25(23,24)12-15(22)11-18-16-6-2-4-13(16)10-14-5-3-7-17(14)18;2-1-3/h9-11,13H,3-8,12,14H2,1-2H3;8-10H,2-7,11-12H2,1H3;.